The summed E-state index contributed by atoms with van der Waals surface area (Å²) in [5.74, 6) is 6.27. The van der Waals surface area contributed by atoms with Crippen LogP contribution in [0.3, 0.4) is 0 Å². The maximum absolute atomic E-state index is 3.15. The molecule has 0 nitrogen and oxygen atoms in total. The van der Waals surface area contributed by atoms with E-state index in [2.05, 4.69) is 57.2 Å². The fourth-order valence-corrected chi connectivity index (χ4v) is 1.48. The van der Waals surface area contributed by atoms with Crippen molar-refractivity contribution in [2.24, 2.45) is 0 Å². The molecule has 1 aromatic rings. The maximum Gasteiger partial charge on any atom is 0.166 e. The molecule has 0 aromatic heterocycles. The molecule has 0 saturated heterocycles. The molecule has 1 heterocycles. The first-order valence-corrected chi connectivity index (χ1v) is 7.75. The van der Waals surface area contributed by atoms with Crippen molar-refractivity contribution in [3.63, 3.8) is 0 Å². The number of hydrogen-bond acceptors (Lipinski definition) is 0. The molecule has 1 radical (unpaired) electrons. The van der Waals surface area contributed by atoms with Gasteiger partial charge in [0.05, 0.1) is 0 Å². The third-order valence-electron chi connectivity index (χ3n) is 2.12. The van der Waals surface area contributed by atoms with Gasteiger partial charge in [-0.25, -0.2) is 0 Å². The normalized spacial score (nSPS) is 10.6. The first-order valence-electron chi connectivity index (χ1n) is 7.75. The van der Waals surface area contributed by atoms with Crippen LogP contribution >= 0.6 is 0 Å². The summed E-state index contributed by atoms with van der Waals surface area (Å²) in [5.41, 5.74) is 2.80. The Hall–Kier alpha value is -1.16. The van der Waals surface area contributed by atoms with Gasteiger partial charge in [-0.1, -0.05) is 83.3 Å². The van der Waals surface area contributed by atoms with Crippen molar-refractivity contribution in [1.29, 1.82) is 0 Å². The van der Waals surface area contributed by atoms with Gasteiger partial charge < -0.3 is 0 Å². The molecule has 1 aliphatic rings. The third kappa shape index (κ3) is 10.5. The summed E-state index contributed by atoms with van der Waals surface area (Å²) in [6.07, 6.45) is 4.25. The van der Waals surface area contributed by atoms with Crippen LogP contribution in [-0.2, 0) is 6.42 Å². The summed E-state index contributed by atoms with van der Waals surface area (Å²) in [7, 11) is 2.21. The van der Waals surface area contributed by atoms with Gasteiger partial charge in [-0.15, -0.1) is 11.8 Å². The Bertz CT molecular complexity index is 313. The van der Waals surface area contributed by atoms with Crippen molar-refractivity contribution < 1.29 is 0 Å². The predicted molar refractivity (Wildman–Crippen MR) is 91.4 cm³/mol. The van der Waals surface area contributed by atoms with Gasteiger partial charge in [-0.2, -0.15) is 0 Å². The smallest absolute Gasteiger partial charge is 0.112 e. The van der Waals surface area contributed by atoms with Gasteiger partial charge in [0, 0.05) is 6.42 Å². The van der Waals surface area contributed by atoms with Crippen molar-refractivity contribution in [2.45, 2.75) is 67.1 Å². The van der Waals surface area contributed by atoms with E-state index >= 15 is 0 Å². The molecule has 1 heteroatoms. The van der Waals surface area contributed by atoms with Crippen LogP contribution in [0.1, 0.15) is 59.9 Å². The molecule has 0 spiro atoms. The lowest BCUT2D eigenvalue weighted by Crippen LogP contribution is -2.19. The zero-order valence-corrected chi connectivity index (χ0v) is 13.7. The van der Waals surface area contributed by atoms with Gasteiger partial charge in [-0.3, -0.25) is 0 Å². The molecule has 0 saturated carbocycles. The minimum atomic E-state index is 0.900. The average molecular weight is 257 g/mol. The fraction of sp³-hybridized carbons (Fsp3) is 0.556. The molecule has 2 rings (SSSR count). The van der Waals surface area contributed by atoms with Crippen molar-refractivity contribution in [3.8, 4) is 11.8 Å². The molecule has 19 heavy (non-hydrogen) atoms. The highest BCUT2D eigenvalue weighted by Crippen LogP contribution is 2.02. The van der Waals surface area contributed by atoms with Crippen LogP contribution in [0.25, 0.3) is 0 Å². The van der Waals surface area contributed by atoms with Crippen molar-refractivity contribution in [3.05, 3.63) is 29.8 Å². The molecular weight excluding hydrogens is 227 g/mol. The zero-order valence-electron chi connectivity index (χ0n) is 13.7. The first-order chi connectivity index (χ1) is 9.38. The second kappa shape index (κ2) is 16.8. The minimum absolute atomic E-state index is 0.900. The number of hydrogen-bond donors (Lipinski definition) is 0. The van der Waals surface area contributed by atoms with Crippen LogP contribution in [0.4, 0.5) is 0 Å². The molecule has 0 aliphatic carbocycles. The second-order valence-electron chi connectivity index (χ2n) is 3.67. The lowest BCUT2D eigenvalue weighted by atomic mass is 9.64. The van der Waals surface area contributed by atoms with Gasteiger partial charge in [0.15, 0.2) is 7.28 Å². The monoisotopic (exact) mass is 257 g/mol. The van der Waals surface area contributed by atoms with Crippen LogP contribution < -0.4 is 5.46 Å². The van der Waals surface area contributed by atoms with Gasteiger partial charge >= 0.3 is 0 Å². The quantitative estimate of drug-likeness (QED) is 0.460. The molecule has 0 N–H and O–H groups in total. The highest BCUT2D eigenvalue weighted by molar-refractivity contribution is 6.54. The molecular formula is C18H30B. The Kier molecular flexibility index (Phi) is 17.9. The summed E-state index contributed by atoms with van der Waals surface area (Å²) < 4.78 is 0. The number of rotatable bonds is 0. The lowest BCUT2D eigenvalue weighted by Gasteiger charge is -2.07. The number of benzene rings is 1. The fourth-order valence-electron chi connectivity index (χ4n) is 1.48. The molecule has 0 bridgehead atoms. The molecule has 0 unspecified atom stereocenters. The van der Waals surface area contributed by atoms with Crippen molar-refractivity contribution >= 4 is 12.7 Å². The number of aryl methyl sites for hydroxylation is 1. The van der Waals surface area contributed by atoms with E-state index in [1.54, 1.807) is 0 Å². The van der Waals surface area contributed by atoms with E-state index in [9.17, 15) is 0 Å². The highest BCUT2D eigenvalue weighted by atomic mass is 14.0. The predicted octanol–water partition coefficient (Wildman–Crippen LogP) is 4.85. The van der Waals surface area contributed by atoms with E-state index in [0.29, 0.717) is 0 Å². The topological polar surface area (TPSA) is 0 Å². The highest BCUT2D eigenvalue weighted by Gasteiger charge is 2.02. The van der Waals surface area contributed by atoms with E-state index in [1.165, 1.54) is 17.4 Å². The first kappa shape index (κ1) is 20.2. The summed E-state index contributed by atoms with van der Waals surface area (Å²) >= 11 is 0. The maximum atomic E-state index is 3.15. The molecule has 1 aliphatic heterocycles. The summed E-state index contributed by atoms with van der Waals surface area (Å²) in [5, 5.41) is 0. The van der Waals surface area contributed by atoms with Crippen LogP contribution in [-0.4, -0.2) is 7.28 Å². The lowest BCUT2D eigenvalue weighted by molar-refractivity contribution is 1.03. The van der Waals surface area contributed by atoms with Crippen LogP contribution in [0.15, 0.2) is 24.3 Å². The largest absolute Gasteiger partial charge is 0.166 e. The van der Waals surface area contributed by atoms with Crippen molar-refractivity contribution in [1.82, 2.24) is 0 Å². The standard InChI is InChI=1S/C11H10B.C3H8.2C2H6/c1-2-6-10-7-3-4-8-11(10)12-9-5-1;1-3-2;2*1-2/h3-4,7-8H,2,6,9H2;3H2,1-2H3;2*1-2H3. The molecule has 0 fully saturated rings. The summed E-state index contributed by atoms with van der Waals surface area (Å²) in [6.45, 7) is 12.2. The summed E-state index contributed by atoms with van der Waals surface area (Å²) in [4.78, 5) is 0. The zero-order chi connectivity index (χ0) is 14.9. The van der Waals surface area contributed by atoms with Gasteiger partial charge in [-0.05, 0) is 12.7 Å². The van der Waals surface area contributed by atoms with Crippen LogP contribution in [0.2, 0.25) is 6.32 Å². The SMILES string of the molecule is CC.CC.CCC.[B]1CC#CCCc2ccccc21. The summed E-state index contributed by atoms with van der Waals surface area (Å²) in [6, 6.07) is 8.55. The van der Waals surface area contributed by atoms with Gasteiger partial charge in [0.2, 0.25) is 0 Å². The second-order valence-corrected chi connectivity index (χ2v) is 3.67. The van der Waals surface area contributed by atoms with Crippen LogP contribution in [0.5, 0.6) is 0 Å². The minimum Gasteiger partial charge on any atom is -0.112 e. The van der Waals surface area contributed by atoms with E-state index < -0.39 is 0 Å². The Morgan fingerprint density at radius 1 is 1.00 bits per heavy atom. The van der Waals surface area contributed by atoms with Crippen molar-refractivity contribution in [2.75, 3.05) is 0 Å². The van der Waals surface area contributed by atoms with E-state index in [-0.39, 0.29) is 0 Å². The molecule has 1 aromatic carbocycles. The van der Waals surface area contributed by atoms with E-state index in [0.717, 1.165) is 19.2 Å². The Morgan fingerprint density at radius 2 is 1.58 bits per heavy atom. The Balaban J connectivity index is 0. The molecule has 0 amide bonds. The molecule has 0 atom stereocenters. The van der Waals surface area contributed by atoms with Gasteiger partial charge in [0.25, 0.3) is 0 Å². The number of fused-ring (bicyclic) bond motifs is 1. The third-order valence-corrected chi connectivity index (χ3v) is 2.12. The van der Waals surface area contributed by atoms with Gasteiger partial charge in [0.1, 0.15) is 0 Å². The Labute approximate surface area is 122 Å². The molecule has 105 valence electrons. The van der Waals surface area contributed by atoms with Crippen LogP contribution in [0, 0.1) is 11.8 Å². The van der Waals surface area contributed by atoms with E-state index in [1.807, 2.05) is 27.7 Å². The van der Waals surface area contributed by atoms with E-state index in [4.69, 9.17) is 0 Å². The Morgan fingerprint density at radius 3 is 2.21 bits per heavy atom. The average Bonchev–Trinajstić information content (AvgIpc) is 2.45.